The average Bonchev–Trinajstić information content (AvgIpc) is 2.69. The molecule has 6 nitrogen and oxygen atoms in total. The van der Waals surface area contributed by atoms with Gasteiger partial charge in [-0.05, 0) is 42.6 Å². The van der Waals surface area contributed by atoms with E-state index in [1.807, 2.05) is 18.2 Å². The van der Waals surface area contributed by atoms with Gasteiger partial charge in [-0.2, -0.15) is 0 Å². The summed E-state index contributed by atoms with van der Waals surface area (Å²) < 4.78 is 28.1. The molecule has 28 heavy (non-hydrogen) atoms. The summed E-state index contributed by atoms with van der Waals surface area (Å²) in [7, 11) is -3.64. The molecule has 1 aromatic heterocycles. The molecule has 0 bridgehead atoms. The third-order valence-electron chi connectivity index (χ3n) is 5.11. The molecule has 0 amide bonds. The monoisotopic (exact) mass is 402 g/mol. The van der Waals surface area contributed by atoms with Gasteiger partial charge in [-0.1, -0.05) is 32.9 Å². The maximum Gasteiger partial charge on any atom is 0.261 e. The molecule has 0 unspecified atom stereocenters. The number of rotatable bonds is 7. The first-order chi connectivity index (χ1) is 13.4. The van der Waals surface area contributed by atoms with Gasteiger partial charge < -0.3 is 4.90 Å². The van der Waals surface area contributed by atoms with Crippen molar-refractivity contribution in [1.29, 1.82) is 0 Å². The Hall–Kier alpha value is -2.12. The van der Waals surface area contributed by atoms with Crippen molar-refractivity contribution >= 4 is 21.4 Å². The van der Waals surface area contributed by atoms with E-state index in [1.165, 1.54) is 0 Å². The average molecular weight is 403 g/mol. The molecule has 1 aliphatic heterocycles. The number of hydrogen-bond acceptors (Lipinski definition) is 5. The SMILES string of the molecule is CCCN1CCN(c2cncc(NS(=O)(=O)c3ccc(C(C)C)cc3)c2)CC1. The van der Waals surface area contributed by atoms with Crippen LogP contribution in [0.5, 0.6) is 0 Å². The first-order valence-electron chi connectivity index (χ1n) is 9.94. The number of nitrogens with zero attached hydrogens (tertiary/aromatic N) is 3. The van der Waals surface area contributed by atoms with E-state index >= 15 is 0 Å². The molecule has 1 fully saturated rings. The number of nitrogens with one attached hydrogen (secondary N) is 1. The van der Waals surface area contributed by atoms with E-state index in [2.05, 4.69) is 40.3 Å². The van der Waals surface area contributed by atoms with Gasteiger partial charge in [0.25, 0.3) is 10.0 Å². The van der Waals surface area contributed by atoms with Crippen LogP contribution < -0.4 is 9.62 Å². The summed E-state index contributed by atoms with van der Waals surface area (Å²) in [4.78, 5) is 9.22. The predicted molar refractivity (Wildman–Crippen MR) is 115 cm³/mol. The smallest absolute Gasteiger partial charge is 0.261 e. The largest absolute Gasteiger partial charge is 0.368 e. The Morgan fingerprint density at radius 3 is 2.36 bits per heavy atom. The maximum atomic E-state index is 12.7. The normalized spacial score (nSPS) is 15.8. The second-order valence-corrected chi connectivity index (χ2v) is 9.27. The minimum absolute atomic E-state index is 0.260. The zero-order valence-corrected chi connectivity index (χ0v) is 17.7. The van der Waals surface area contributed by atoms with E-state index in [4.69, 9.17) is 0 Å². The van der Waals surface area contributed by atoms with Crippen molar-refractivity contribution in [1.82, 2.24) is 9.88 Å². The fraction of sp³-hybridized carbons (Fsp3) is 0.476. The van der Waals surface area contributed by atoms with Gasteiger partial charge in [-0.3, -0.25) is 14.6 Å². The summed E-state index contributed by atoms with van der Waals surface area (Å²) in [5.74, 6) is 0.364. The standard InChI is InChI=1S/C21H30N4O2S/c1-4-9-24-10-12-25(13-11-24)20-14-19(15-22-16-20)23-28(26,27)21-7-5-18(6-8-21)17(2)3/h5-8,14-17,23H,4,9-13H2,1-3H3. The molecule has 1 aromatic carbocycles. The molecule has 0 radical (unpaired) electrons. The molecule has 1 N–H and O–H groups in total. The second kappa shape index (κ2) is 8.92. The van der Waals surface area contributed by atoms with E-state index in [1.54, 1.807) is 24.5 Å². The second-order valence-electron chi connectivity index (χ2n) is 7.59. The number of benzene rings is 1. The van der Waals surface area contributed by atoms with Crippen LogP contribution in [0.15, 0.2) is 47.6 Å². The zero-order chi connectivity index (χ0) is 20.1. The molecular formula is C21H30N4O2S. The molecule has 0 saturated carbocycles. The summed E-state index contributed by atoms with van der Waals surface area (Å²) in [6.07, 6.45) is 4.51. The highest BCUT2D eigenvalue weighted by Crippen LogP contribution is 2.23. The lowest BCUT2D eigenvalue weighted by atomic mass is 10.0. The van der Waals surface area contributed by atoms with Crippen molar-refractivity contribution in [2.45, 2.75) is 38.0 Å². The highest BCUT2D eigenvalue weighted by Gasteiger charge is 2.19. The van der Waals surface area contributed by atoms with Crippen LogP contribution in [0.4, 0.5) is 11.4 Å². The van der Waals surface area contributed by atoms with Crippen LogP contribution in [0.1, 0.15) is 38.7 Å². The zero-order valence-electron chi connectivity index (χ0n) is 16.9. The molecular weight excluding hydrogens is 372 g/mol. The highest BCUT2D eigenvalue weighted by atomic mass is 32.2. The van der Waals surface area contributed by atoms with Gasteiger partial charge in [-0.25, -0.2) is 8.42 Å². The first-order valence-corrected chi connectivity index (χ1v) is 11.4. The van der Waals surface area contributed by atoms with Crippen LogP contribution in [0.25, 0.3) is 0 Å². The summed E-state index contributed by atoms with van der Waals surface area (Å²) in [5.41, 5.74) is 2.55. The molecule has 1 saturated heterocycles. The molecule has 0 spiro atoms. The van der Waals surface area contributed by atoms with Crippen LogP contribution >= 0.6 is 0 Å². The molecule has 2 heterocycles. The van der Waals surface area contributed by atoms with E-state index < -0.39 is 10.0 Å². The van der Waals surface area contributed by atoms with Gasteiger partial charge in [0.05, 0.1) is 28.7 Å². The summed E-state index contributed by atoms with van der Waals surface area (Å²) in [6.45, 7) is 11.4. The highest BCUT2D eigenvalue weighted by molar-refractivity contribution is 7.92. The van der Waals surface area contributed by atoms with Crippen molar-refractivity contribution in [3.8, 4) is 0 Å². The summed E-state index contributed by atoms with van der Waals surface area (Å²) in [5, 5.41) is 0. The number of pyridine rings is 1. The number of piperazine rings is 1. The number of hydrogen-bond donors (Lipinski definition) is 1. The van der Waals surface area contributed by atoms with Gasteiger partial charge in [0.15, 0.2) is 0 Å². The van der Waals surface area contributed by atoms with E-state index in [0.29, 0.717) is 11.6 Å². The van der Waals surface area contributed by atoms with Crippen molar-refractivity contribution in [2.75, 3.05) is 42.3 Å². The Morgan fingerprint density at radius 1 is 1.07 bits per heavy atom. The third kappa shape index (κ3) is 5.02. The predicted octanol–water partition coefficient (Wildman–Crippen LogP) is 3.54. The molecule has 3 rings (SSSR count). The van der Waals surface area contributed by atoms with Gasteiger partial charge >= 0.3 is 0 Å². The van der Waals surface area contributed by atoms with Gasteiger partial charge in [0.1, 0.15) is 0 Å². The van der Waals surface area contributed by atoms with Crippen LogP contribution in [-0.2, 0) is 10.0 Å². The molecule has 152 valence electrons. The lowest BCUT2D eigenvalue weighted by Gasteiger charge is -2.35. The van der Waals surface area contributed by atoms with Gasteiger partial charge in [0, 0.05) is 26.2 Å². The molecule has 7 heteroatoms. The van der Waals surface area contributed by atoms with Gasteiger partial charge in [0.2, 0.25) is 0 Å². The molecule has 1 aliphatic rings. The van der Waals surface area contributed by atoms with Crippen LogP contribution in [0.3, 0.4) is 0 Å². The molecule has 0 atom stereocenters. The van der Waals surface area contributed by atoms with Crippen molar-refractivity contribution in [3.63, 3.8) is 0 Å². The fourth-order valence-corrected chi connectivity index (χ4v) is 4.48. The van der Waals surface area contributed by atoms with E-state index in [9.17, 15) is 8.42 Å². The fourth-order valence-electron chi connectivity index (χ4n) is 3.45. The summed E-state index contributed by atoms with van der Waals surface area (Å²) in [6, 6.07) is 8.90. The first kappa shape index (κ1) is 20.6. The Bertz CT molecular complexity index is 874. The topological polar surface area (TPSA) is 65.5 Å². The van der Waals surface area contributed by atoms with Crippen molar-refractivity contribution in [2.24, 2.45) is 0 Å². The lowest BCUT2D eigenvalue weighted by molar-refractivity contribution is 0.258. The number of sulfonamides is 1. The minimum atomic E-state index is -3.64. The Balaban J connectivity index is 1.70. The molecule has 0 aliphatic carbocycles. The maximum absolute atomic E-state index is 12.7. The molecule has 2 aromatic rings. The third-order valence-corrected chi connectivity index (χ3v) is 6.51. The van der Waals surface area contributed by atoms with E-state index in [-0.39, 0.29) is 4.90 Å². The van der Waals surface area contributed by atoms with Crippen LogP contribution in [-0.4, -0.2) is 51.0 Å². The number of aromatic nitrogens is 1. The Labute approximate surface area is 168 Å². The minimum Gasteiger partial charge on any atom is -0.368 e. The van der Waals surface area contributed by atoms with Crippen LogP contribution in [0.2, 0.25) is 0 Å². The number of anilines is 2. The summed E-state index contributed by atoms with van der Waals surface area (Å²) >= 11 is 0. The Morgan fingerprint density at radius 2 is 1.75 bits per heavy atom. The van der Waals surface area contributed by atoms with Crippen molar-refractivity contribution < 1.29 is 8.42 Å². The quantitative estimate of drug-likeness (QED) is 0.767. The lowest BCUT2D eigenvalue weighted by Crippen LogP contribution is -2.46. The Kier molecular flexibility index (Phi) is 6.57. The van der Waals surface area contributed by atoms with E-state index in [0.717, 1.165) is 50.4 Å². The van der Waals surface area contributed by atoms with Crippen LogP contribution in [0, 0.1) is 0 Å². The van der Waals surface area contributed by atoms with Crippen molar-refractivity contribution in [3.05, 3.63) is 48.3 Å². The van der Waals surface area contributed by atoms with Gasteiger partial charge in [-0.15, -0.1) is 0 Å².